The Balaban J connectivity index is 1.64. The standard InChI is InChI=1S/C23H26FN3O2/c1-3-17(2)27(14-19-11-7-8-12-20(19)24)15-22-26-21(16-29-22)23(28)25-13-18-9-5-4-6-10-18/h4-12,16-17H,3,13-15H2,1-2H3,(H,25,28). The van der Waals surface area contributed by atoms with E-state index in [1.54, 1.807) is 12.1 Å². The van der Waals surface area contributed by atoms with E-state index in [0.29, 0.717) is 31.1 Å². The van der Waals surface area contributed by atoms with Gasteiger partial charge in [-0.25, -0.2) is 9.37 Å². The van der Waals surface area contributed by atoms with Crippen LogP contribution in [0.2, 0.25) is 0 Å². The summed E-state index contributed by atoms with van der Waals surface area (Å²) in [7, 11) is 0. The highest BCUT2D eigenvalue weighted by atomic mass is 19.1. The van der Waals surface area contributed by atoms with Crippen molar-refractivity contribution in [3.8, 4) is 0 Å². The zero-order valence-electron chi connectivity index (χ0n) is 16.8. The number of oxazole rings is 1. The van der Waals surface area contributed by atoms with Gasteiger partial charge in [0.1, 0.15) is 12.1 Å². The third kappa shape index (κ3) is 5.74. The lowest BCUT2D eigenvalue weighted by molar-refractivity contribution is 0.0945. The Bertz CT molecular complexity index is 927. The number of aromatic nitrogens is 1. The molecule has 5 nitrogen and oxygen atoms in total. The third-order valence-corrected chi connectivity index (χ3v) is 4.96. The second-order valence-electron chi connectivity index (χ2n) is 7.05. The molecule has 29 heavy (non-hydrogen) atoms. The first kappa shape index (κ1) is 20.7. The Labute approximate surface area is 170 Å². The fourth-order valence-electron chi connectivity index (χ4n) is 3.00. The molecule has 1 unspecified atom stereocenters. The molecule has 2 aromatic carbocycles. The van der Waals surface area contributed by atoms with E-state index in [9.17, 15) is 9.18 Å². The molecule has 3 rings (SSSR count). The van der Waals surface area contributed by atoms with Crippen LogP contribution in [0.1, 0.15) is 47.8 Å². The van der Waals surface area contributed by atoms with E-state index in [1.807, 2.05) is 36.4 Å². The normalized spacial score (nSPS) is 12.1. The van der Waals surface area contributed by atoms with E-state index in [1.165, 1.54) is 12.3 Å². The van der Waals surface area contributed by atoms with Crippen molar-refractivity contribution in [3.63, 3.8) is 0 Å². The Morgan fingerprint density at radius 2 is 1.86 bits per heavy atom. The van der Waals surface area contributed by atoms with Gasteiger partial charge in [-0.2, -0.15) is 0 Å². The minimum Gasteiger partial charge on any atom is -0.447 e. The molecule has 0 radical (unpaired) electrons. The second kappa shape index (κ2) is 9.98. The molecule has 0 fully saturated rings. The summed E-state index contributed by atoms with van der Waals surface area (Å²) in [6.45, 7) is 5.43. The van der Waals surface area contributed by atoms with E-state index >= 15 is 0 Å². The molecule has 152 valence electrons. The number of rotatable bonds is 9. The Kier molecular flexibility index (Phi) is 7.14. The van der Waals surface area contributed by atoms with Crippen molar-refractivity contribution in [2.75, 3.05) is 0 Å². The van der Waals surface area contributed by atoms with Gasteiger partial charge in [-0.1, -0.05) is 55.5 Å². The number of nitrogens with zero attached hydrogens (tertiary/aromatic N) is 2. The SMILES string of the molecule is CCC(C)N(Cc1nc(C(=O)NCc2ccccc2)co1)Cc1ccccc1F. The van der Waals surface area contributed by atoms with Gasteiger partial charge in [0.2, 0.25) is 5.89 Å². The molecule has 3 aromatic rings. The fourth-order valence-corrected chi connectivity index (χ4v) is 3.00. The van der Waals surface area contributed by atoms with Gasteiger partial charge in [0, 0.05) is 24.7 Å². The number of carbonyl (C=O) groups excluding carboxylic acids is 1. The van der Waals surface area contributed by atoms with Gasteiger partial charge in [-0.15, -0.1) is 0 Å². The van der Waals surface area contributed by atoms with E-state index in [-0.39, 0.29) is 23.5 Å². The molecular weight excluding hydrogens is 369 g/mol. The molecule has 6 heteroatoms. The minimum absolute atomic E-state index is 0.205. The van der Waals surface area contributed by atoms with Crippen LogP contribution in [-0.4, -0.2) is 21.8 Å². The van der Waals surface area contributed by atoms with Gasteiger partial charge < -0.3 is 9.73 Å². The lowest BCUT2D eigenvalue weighted by atomic mass is 10.1. The average molecular weight is 395 g/mol. The van der Waals surface area contributed by atoms with Gasteiger partial charge in [0.15, 0.2) is 5.69 Å². The highest BCUT2D eigenvalue weighted by Crippen LogP contribution is 2.17. The molecule has 0 aliphatic carbocycles. The lowest BCUT2D eigenvalue weighted by Crippen LogP contribution is -2.32. The molecule has 1 heterocycles. The van der Waals surface area contributed by atoms with E-state index in [4.69, 9.17) is 4.42 Å². The van der Waals surface area contributed by atoms with Crippen molar-refractivity contribution >= 4 is 5.91 Å². The number of carbonyl (C=O) groups is 1. The number of hydrogen-bond donors (Lipinski definition) is 1. The predicted molar refractivity (Wildman–Crippen MR) is 110 cm³/mol. The number of hydrogen-bond acceptors (Lipinski definition) is 4. The maximum absolute atomic E-state index is 14.1. The fraction of sp³-hybridized carbons (Fsp3) is 0.304. The maximum Gasteiger partial charge on any atom is 0.273 e. The molecule has 0 saturated carbocycles. The van der Waals surface area contributed by atoms with Crippen molar-refractivity contribution in [3.05, 3.63) is 89.4 Å². The van der Waals surface area contributed by atoms with E-state index in [2.05, 4.69) is 29.0 Å². The number of nitrogens with one attached hydrogen (secondary N) is 1. The molecular formula is C23H26FN3O2. The Hall–Kier alpha value is -2.99. The summed E-state index contributed by atoms with van der Waals surface area (Å²) < 4.78 is 19.6. The van der Waals surface area contributed by atoms with Crippen molar-refractivity contribution in [2.45, 2.75) is 45.9 Å². The number of halogens is 1. The lowest BCUT2D eigenvalue weighted by Gasteiger charge is -2.27. The zero-order chi connectivity index (χ0) is 20.6. The van der Waals surface area contributed by atoms with Gasteiger partial charge >= 0.3 is 0 Å². The van der Waals surface area contributed by atoms with Gasteiger partial charge in [-0.3, -0.25) is 9.69 Å². The van der Waals surface area contributed by atoms with Crippen molar-refractivity contribution in [1.82, 2.24) is 15.2 Å². The summed E-state index contributed by atoms with van der Waals surface area (Å²) >= 11 is 0. The molecule has 0 aliphatic heterocycles. The molecule has 1 aromatic heterocycles. The highest BCUT2D eigenvalue weighted by molar-refractivity contribution is 5.91. The Morgan fingerprint density at radius 1 is 1.14 bits per heavy atom. The smallest absolute Gasteiger partial charge is 0.273 e. The average Bonchev–Trinajstić information content (AvgIpc) is 3.22. The van der Waals surface area contributed by atoms with Crippen LogP contribution < -0.4 is 5.32 Å². The second-order valence-corrected chi connectivity index (χ2v) is 7.05. The summed E-state index contributed by atoms with van der Waals surface area (Å²) in [5, 5.41) is 2.84. The number of benzene rings is 2. The summed E-state index contributed by atoms with van der Waals surface area (Å²) in [6.07, 6.45) is 2.27. The zero-order valence-corrected chi connectivity index (χ0v) is 16.8. The topological polar surface area (TPSA) is 58.4 Å². The van der Waals surface area contributed by atoms with Crippen LogP contribution in [0.25, 0.3) is 0 Å². The highest BCUT2D eigenvalue weighted by Gasteiger charge is 2.19. The van der Waals surface area contributed by atoms with Crippen molar-refractivity contribution in [1.29, 1.82) is 0 Å². The predicted octanol–water partition coefficient (Wildman–Crippen LogP) is 4.54. The summed E-state index contributed by atoms with van der Waals surface area (Å²) in [5.41, 5.74) is 1.88. The van der Waals surface area contributed by atoms with Crippen LogP contribution in [0.3, 0.4) is 0 Å². The first-order valence-corrected chi connectivity index (χ1v) is 9.80. The van der Waals surface area contributed by atoms with E-state index in [0.717, 1.165) is 12.0 Å². The van der Waals surface area contributed by atoms with Crippen LogP contribution in [0.4, 0.5) is 4.39 Å². The molecule has 1 amide bonds. The maximum atomic E-state index is 14.1. The third-order valence-electron chi connectivity index (χ3n) is 4.96. The van der Waals surface area contributed by atoms with Crippen LogP contribution in [-0.2, 0) is 19.6 Å². The van der Waals surface area contributed by atoms with Gasteiger partial charge in [0.05, 0.1) is 6.54 Å². The van der Waals surface area contributed by atoms with Crippen LogP contribution >= 0.6 is 0 Å². The quantitative estimate of drug-likeness (QED) is 0.578. The monoisotopic (exact) mass is 395 g/mol. The number of amides is 1. The molecule has 0 spiro atoms. The molecule has 0 bridgehead atoms. The largest absolute Gasteiger partial charge is 0.447 e. The summed E-state index contributed by atoms with van der Waals surface area (Å²) in [4.78, 5) is 18.8. The van der Waals surface area contributed by atoms with Gasteiger partial charge in [-0.05, 0) is 25.0 Å². The molecule has 1 atom stereocenters. The first-order valence-electron chi connectivity index (χ1n) is 9.80. The molecule has 1 N–H and O–H groups in total. The first-order chi connectivity index (χ1) is 14.1. The summed E-state index contributed by atoms with van der Waals surface area (Å²) in [5.74, 6) is -0.0752. The van der Waals surface area contributed by atoms with Crippen LogP contribution in [0, 0.1) is 5.82 Å². The van der Waals surface area contributed by atoms with Crippen molar-refractivity contribution in [2.24, 2.45) is 0 Å². The van der Waals surface area contributed by atoms with Crippen LogP contribution in [0.15, 0.2) is 65.3 Å². The van der Waals surface area contributed by atoms with Crippen molar-refractivity contribution < 1.29 is 13.6 Å². The Morgan fingerprint density at radius 3 is 2.59 bits per heavy atom. The van der Waals surface area contributed by atoms with Crippen LogP contribution in [0.5, 0.6) is 0 Å². The molecule has 0 aliphatic rings. The minimum atomic E-state index is -0.284. The van der Waals surface area contributed by atoms with E-state index < -0.39 is 0 Å². The molecule has 0 saturated heterocycles. The summed E-state index contributed by atoms with van der Waals surface area (Å²) in [6, 6.07) is 16.6. The van der Waals surface area contributed by atoms with Gasteiger partial charge in [0.25, 0.3) is 5.91 Å².